The summed E-state index contributed by atoms with van der Waals surface area (Å²) >= 11 is 0. The van der Waals surface area contributed by atoms with Crippen LogP contribution in [0.4, 0.5) is 0 Å². The molecule has 306 valence electrons. The Morgan fingerprint density at radius 2 is 0.848 bits per heavy atom. The normalized spacial score (nSPS) is 11.9. The van der Waals surface area contributed by atoms with Crippen molar-refractivity contribution >= 4 is 86.8 Å². The molecule has 3 aromatic heterocycles. The molecule has 3 heterocycles. The van der Waals surface area contributed by atoms with Gasteiger partial charge in [-0.15, -0.1) is 0 Å². The standard InChI is InChI=1S/C61H36N4O/c1-2-17-41-36-55-52(33-40(41)16-1)48-30-27-39-15-5-8-22-46(39)58(48)65(55)54-31-28-43(35-51(54)42-29-32-57-53(34-42)47-23-9-10-26-56(47)66-57)59-62-60(49-24-11-18-37-13-3-6-20-44(37)49)64-61(63-59)50-25-12-19-38-14-4-7-21-45(38)50/h1-36H. The SMILES string of the molecule is c1ccc2cc3c(cc2c1)c1ccc2ccccc2c1n3-c1ccc(-c2nc(-c3cccc4ccccc34)nc(-c3cccc4ccccc34)n2)cc1-c1ccc2oc3ccccc3c2c1. The van der Waals surface area contributed by atoms with Crippen molar-refractivity contribution in [2.45, 2.75) is 0 Å². The molecule has 11 aromatic carbocycles. The van der Waals surface area contributed by atoms with Crippen LogP contribution in [0.15, 0.2) is 223 Å². The number of hydrogen-bond acceptors (Lipinski definition) is 4. The summed E-state index contributed by atoms with van der Waals surface area (Å²) in [5.41, 5.74) is 9.96. The minimum absolute atomic E-state index is 0.595. The maximum absolute atomic E-state index is 6.38. The minimum Gasteiger partial charge on any atom is -0.456 e. The van der Waals surface area contributed by atoms with Crippen LogP contribution in [-0.2, 0) is 0 Å². The summed E-state index contributed by atoms with van der Waals surface area (Å²) in [6.45, 7) is 0. The quantitative estimate of drug-likeness (QED) is 0.173. The lowest BCUT2D eigenvalue weighted by atomic mass is 9.97. The van der Waals surface area contributed by atoms with Crippen molar-refractivity contribution in [3.05, 3.63) is 218 Å². The molecule has 0 unspecified atom stereocenters. The summed E-state index contributed by atoms with van der Waals surface area (Å²) in [6, 6.07) is 77.7. The van der Waals surface area contributed by atoms with Crippen molar-refractivity contribution in [1.29, 1.82) is 0 Å². The van der Waals surface area contributed by atoms with E-state index in [-0.39, 0.29) is 0 Å². The van der Waals surface area contributed by atoms with Gasteiger partial charge >= 0.3 is 0 Å². The first-order valence-corrected chi connectivity index (χ1v) is 22.3. The number of para-hydroxylation sites is 1. The second kappa shape index (κ2) is 14.3. The monoisotopic (exact) mass is 840 g/mol. The number of aromatic nitrogens is 4. The highest BCUT2D eigenvalue weighted by atomic mass is 16.3. The van der Waals surface area contributed by atoms with E-state index in [9.17, 15) is 0 Å². The molecule has 5 heteroatoms. The third-order valence-corrected chi connectivity index (χ3v) is 13.4. The Bertz CT molecular complexity index is 4200. The van der Waals surface area contributed by atoms with E-state index in [0.29, 0.717) is 17.5 Å². The Hall–Kier alpha value is -8.93. The summed E-state index contributed by atoms with van der Waals surface area (Å²) in [6.07, 6.45) is 0. The van der Waals surface area contributed by atoms with Crippen LogP contribution in [0.1, 0.15) is 0 Å². The van der Waals surface area contributed by atoms with Gasteiger partial charge in [0.15, 0.2) is 17.5 Å². The van der Waals surface area contributed by atoms with Crippen molar-refractivity contribution < 1.29 is 4.42 Å². The largest absolute Gasteiger partial charge is 0.456 e. The summed E-state index contributed by atoms with van der Waals surface area (Å²) in [7, 11) is 0. The first-order valence-electron chi connectivity index (χ1n) is 22.3. The average molecular weight is 841 g/mol. The molecule has 14 aromatic rings. The summed E-state index contributed by atoms with van der Waals surface area (Å²) < 4.78 is 8.86. The fourth-order valence-corrected chi connectivity index (χ4v) is 10.3. The molecule has 0 aliphatic carbocycles. The van der Waals surface area contributed by atoms with Crippen LogP contribution in [0.25, 0.3) is 138 Å². The van der Waals surface area contributed by atoms with Gasteiger partial charge in [-0.3, -0.25) is 0 Å². The van der Waals surface area contributed by atoms with Crippen LogP contribution in [0.5, 0.6) is 0 Å². The molecule has 0 saturated carbocycles. The van der Waals surface area contributed by atoms with Gasteiger partial charge in [-0.2, -0.15) is 0 Å². The van der Waals surface area contributed by atoms with E-state index < -0.39 is 0 Å². The van der Waals surface area contributed by atoms with E-state index in [2.05, 4.69) is 211 Å². The molecular formula is C61H36N4O. The smallest absolute Gasteiger partial charge is 0.164 e. The van der Waals surface area contributed by atoms with Crippen LogP contribution >= 0.6 is 0 Å². The average Bonchev–Trinajstić information content (AvgIpc) is 3.92. The molecule has 0 spiro atoms. The predicted octanol–water partition coefficient (Wildman–Crippen LogP) is 16.1. The summed E-state index contributed by atoms with van der Waals surface area (Å²) in [4.78, 5) is 16.0. The Morgan fingerprint density at radius 1 is 0.303 bits per heavy atom. The van der Waals surface area contributed by atoms with Gasteiger partial charge in [-0.25, -0.2) is 15.0 Å². The van der Waals surface area contributed by atoms with Crippen molar-refractivity contribution in [3.63, 3.8) is 0 Å². The molecule has 66 heavy (non-hydrogen) atoms. The number of benzene rings is 11. The highest BCUT2D eigenvalue weighted by Gasteiger charge is 2.22. The number of rotatable bonds is 5. The highest BCUT2D eigenvalue weighted by molar-refractivity contribution is 6.21. The maximum Gasteiger partial charge on any atom is 0.164 e. The zero-order valence-electron chi connectivity index (χ0n) is 35.5. The van der Waals surface area contributed by atoms with Crippen molar-refractivity contribution in [3.8, 4) is 51.0 Å². The second-order valence-electron chi connectivity index (χ2n) is 17.1. The highest BCUT2D eigenvalue weighted by Crippen LogP contribution is 2.43. The topological polar surface area (TPSA) is 56.7 Å². The Kier molecular flexibility index (Phi) is 7.91. The molecule has 0 N–H and O–H groups in total. The number of furan rings is 1. The molecule has 0 radical (unpaired) electrons. The molecule has 0 aliphatic heterocycles. The third-order valence-electron chi connectivity index (χ3n) is 13.4. The maximum atomic E-state index is 6.38. The minimum atomic E-state index is 0.595. The lowest BCUT2D eigenvalue weighted by Gasteiger charge is -2.17. The first kappa shape index (κ1) is 36.5. The summed E-state index contributed by atoms with van der Waals surface area (Å²) in [5.74, 6) is 1.84. The van der Waals surface area contributed by atoms with Gasteiger partial charge in [0, 0.05) is 49.2 Å². The van der Waals surface area contributed by atoms with Crippen LogP contribution in [0.2, 0.25) is 0 Å². The Morgan fingerprint density at radius 3 is 1.56 bits per heavy atom. The molecule has 0 fully saturated rings. The first-order chi connectivity index (χ1) is 32.7. The summed E-state index contributed by atoms with van der Waals surface area (Å²) in [5, 5.41) is 13.8. The second-order valence-corrected chi connectivity index (χ2v) is 17.1. The van der Waals surface area contributed by atoms with E-state index in [1.54, 1.807) is 0 Å². The number of fused-ring (bicyclic) bond motifs is 11. The molecule has 0 aliphatic rings. The van der Waals surface area contributed by atoms with Gasteiger partial charge in [0.2, 0.25) is 0 Å². The van der Waals surface area contributed by atoms with E-state index in [0.717, 1.165) is 82.5 Å². The lowest BCUT2D eigenvalue weighted by Crippen LogP contribution is -2.02. The van der Waals surface area contributed by atoms with Gasteiger partial charge in [-0.1, -0.05) is 170 Å². The van der Waals surface area contributed by atoms with Crippen molar-refractivity contribution in [1.82, 2.24) is 19.5 Å². The van der Waals surface area contributed by atoms with E-state index in [1.807, 2.05) is 12.1 Å². The Labute approximate surface area is 378 Å². The van der Waals surface area contributed by atoms with Crippen LogP contribution in [0.3, 0.4) is 0 Å². The Balaban J connectivity index is 1.09. The molecular weight excluding hydrogens is 805 g/mol. The molecule has 5 nitrogen and oxygen atoms in total. The fourth-order valence-electron chi connectivity index (χ4n) is 10.3. The number of nitrogens with zero attached hydrogens (tertiary/aromatic N) is 4. The number of hydrogen-bond donors (Lipinski definition) is 0. The van der Waals surface area contributed by atoms with Crippen molar-refractivity contribution in [2.75, 3.05) is 0 Å². The molecule has 0 amide bonds. The van der Waals surface area contributed by atoms with Crippen LogP contribution in [-0.4, -0.2) is 19.5 Å². The van der Waals surface area contributed by atoms with Crippen molar-refractivity contribution in [2.24, 2.45) is 0 Å². The van der Waals surface area contributed by atoms with Gasteiger partial charge in [0.05, 0.1) is 16.7 Å². The van der Waals surface area contributed by atoms with Crippen LogP contribution < -0.4 is 0 Å². The fraction of sp³-hybridized carbons (Fsp3) is 0. The molecule has 0 bridgehead atoms. The zero-order valence-corrected chi connectivity index (χ0v) is 35.5. The molecule has 0 atom stereocenters. The van der Waals surface area contributed by atoms with Gasteiger partial charge in [0.1, 0.15) is 11.2 Å². The van der Waals surface area contributed by atoms with Gasteiger partial charge in [-0.05, 0) is 91.8 Å². The van der Waals surface area contributed by atoms with Gasteiger partial charge < -0.3 is 8.98 Å². The molecule has 0 saturated heterocycles. The van der Waals surface area contributed by atoms with E-state index in [1.165, 1.54) is 37.8 Å². The van der Waals surface area contributed by atoms with E-state index in [4.69, 9.17) is 19.4 Å². The van der Waals surface area contributed by atoms with Crippen LogP contribution in [0, 0.1) is 0 Å². The lowest BCUT2D eigenvalue weighted by molar-refractivity contribution is 0.669. The molecule has 14 rings (SSSR count). The van der Waals surface area contributed by atoms with E-state index >= 15 is 0 Å². The zero-order chi connectivity index (χ0) is 43.3. The van der Waals surface area contributed by atoms with Gasteiger partial charge in [0.25, 0.3) is 0 Å². The third kappa shape index (κ3) is 5.63. The predicted molar refractivity (Wildman–Crippen MR) is 273 cm³/mol.